The maximum absolute atomic E-state index is 10.8. The van der Waals surface area contributed by atoms with E-state index in [-0.39, 0.29) is 6.54 Å². The number of piperidine rings is 1. The number of likely N-dealkylation sites (tertiary alicyclic amines) is 1. The fraction of sp³-hybridized carbons (Fsp3) is 0.929. The summed E-state index contributed by atoms with van der Waals surface area (Å²) in [6, 6.07) is 0.458. The number of aliphatic carboxylic acids is 1. The summed E-state index contributed by atoms with van der Waals surface area (Å²) in [5.74, 6) is 0.0572. The summed E-state index contributed by atoms with van der Waals surface area (Å²) in [4.78, 5) is 15.4. The number of carboxylic acids is 1. The maximum Gasteiger partial charge on any atom is 0.317 e. The molecule has 1 aliphatic rings. The molecule has 1 unspecified atom stereocenters. The van der Waals surface area contributed by atoms with Crippen molar-refractivity contribution in [3.05, 3.63) is 0 Å². The topological polar surface area (TPSA) is 43.8 Å². The highest BCUT2D eigenvalue weighted by atomic mass is 16.4. The first-order valence-electron chi connectivity index (χ1n) is 7.25. The zero-order chi connectivity index (χ0) is 13.5. The second-order valence-corrected chi connectivity index (χ2v) is 5.50. The van der Waals surface area contributed by atoms with Crippen LogP contribution in [0.2, 0.25) is 0 Å². The highest BCUT2D eigenvalue weighted by molar-refractivity contribution is 5.69. The van der Waals surface area contributed by atoms with Crippen molar-refractivity contribution in [1.82, 2.24) is 9.80 Å². The summed E-state index contributed by atoms with van der Waals surface area (Å²) in [5, 5.41) is 8.90. The van der Waals surface area contributed by atoms with Crippen LogP contribution in [-0.2, 0) is 4.79 Å². The van der Waals surface area contributed by atoms with Gasteiger partial charge in [0, 0.05) is 12.6 Å². The molecular formula is C14H28N2O2. The van der Waals surface area contributed by atoms with Gasteiger partial charge in [0.1, 0.15) is 0 Å². The Hall–Kier alpha value is -0.610. The van der Waals surface area contributed by atoms with Gasteiger partial charge in [0.2, 0.25) is 0 Å². The summed E-state index contributed by atoms with van der Waals surface area (Å²) in [6.45, 7) is 11.0. The van der Waals surface area contributed by atoms with Crippen LogP contribution in [0.5, 0.6) is 0 Å². The number of hydrogen-bond donors (Lipinski definition) is 1. The van der Waals surface area contributed by atoms with Gasteiger partial charge in [0.25, 0.3) is 0 Å². The lowest BCUT2D eigenvalue weighted by Crippen LogP contribution is -2.47. The molecule has 1 fully saturated rings. The van der Waals surface area contributed by atoms with E-state index in [1.807, 2.05) is 0 Å². The van der Waals surface area contributed by atoms with Crippen molar-refractivity contribution in [1.29, 1.82) is 0 Å². The molecule has 0 aromatic heterocycles. The van der Waals surface area contributed by atoms with Gasteiger partial charge in [0.05, 0.1) is 6.54 Å². The van der Waals surface area contributed by atoms with E-state index in [1.54, 1.807) is 0 Å². The van der Waals surface area contributed by atoms with Gasteiger partial charge in [-0.15, -0.1) is 0 Å². The Balaban J connectivity index is 2.35. The molecule has 0 spiro atoms. The summed E-state index contributed by atoms with van der Waals surface area (Å²) in [7, 11) is 0. The predicted molar refractivity (Wildman–Crippen MR) is 73.8 cm³/mol. The van der Waals surface area contributed by atoms with E-state index < -0.39 is 5.97 Å². The van der Waals surface area contributed by atoms with Gasteiger partial charge in [-0.3, -0.25) is 9.69 Å². The first-order chi connectivity index (χ1) is 8.56. The molecule has 4 nitrogen and oxygen atoms in total. The van der Waals surface area contributed by atoms with E-state index in [0.29, 0.717) is 6.04 Å². The molecule has 1 rings (SSSR count). The minimum absolute atomic E-state index is 0.187. The third-order valence-electron chi connectivity index (χ3n) is 4.08. The normalized spacial score (nSPS) is 20.2. The Morgan fingerprint density at radius 1 is 1.39 bits per heavy atom. The number of carbonyl (C=O) groups is 1. The van der Waals surface area contributed by atoms with Gasteiger partial charge in [0.15, 0.2) is 0 Å². The number of hydrogen-bond acceptors (Lipinski definition) is 3. The van der Waals surface area contributed by atoms with Crippen LogP contribution in [0.1, 0.15) is 40.0 Å². The maximum atomic E-state index is 10.8. The average molecular weight is 256 g/mol. The second-order valence-electron chi connectivity index (χ2n) is 5.50. The van der Waals surface area contributed by atoms with Crippen LogP contribution >= 0.6 is 0 Å². The lowest BCUT2D eigenvalue weighted by atomic mass is 10.0. The molecule has 0 saturated carbocycles. The first-order valence-corrected chi connectivity index (χ1v) is 7.25. The van der Waals surface area contributed by atoms with Crippen LogP contribution in [0, 0.1) is 5.92 Å². The highest BCUT2D eigenvalue weighted by Crippen LogP contribution is 2.17. The van der Waals surface area contributed by atoms with Crippen LogP contribution in [0.15, 0.2) is 0 Å². The van der Waals surface area contributed by atoms with Gasteiger partial charge in [-0.1, -0.05) is 27.2 Å². The van der Waals surface area contributed by atoms with Crippen molar-refractivity contribution in [2.75, 3.05) is 32.7 Å². The highest BCUT2D eigenvalue weighted by Gasteiger charge is 2.25. The van der Waals surface area contributed by atoms with Crippen LogP contribution < -0.4 is 0 Å². The average Bonchev–Trinajstić information content (AvgIpc) is 2.36. The first kappa shape index (κ1) is 15.4. The van der Waals surface area contributed by atoms with E-state index in [1.165, 1.54) is 13.0 Å². The summed E-state index contributed by atoms with van der Waals surface area (Å²) < 4.78 is 0. The molecule has 0 aromatic rings. The van der Waals surface area contributed by atoms with Crippen molar-refractivity contribution < 1.29 is 9.90 Å². The van der Waals surface area contributed by atoms with Crippen molar-refractivity contribution in [2.24, 2.45) is 5.92 Å². The lowest BCUT2D eigenvalue weighted by molar-refractivity contribution is -0.139. The molecule has 0 aliphatic carbocycles. The number of carboxylic acid groups (broad SMARTS) is 1. The Morgan fingerprint density at radius 2 is 2.00 bits per heavy atom. The van der Waals surface area contributed by atoms with Crippen molar-refractivity contribution in [3.63, 3.8) is 0 Å². The second kappa shape index (κ2) is 7.74. The lowest BCUT2D eigenvalue weighted by Gasteiger charge is -2.38. The molecule has 0 bridgehead atoms. The molecule has 106 valence electrons. The minimum atomic E-state index is -0.709. The third kappa shape index (κ3) is 4.94. The molecule has 1 atom stereocenters. The fourth-order valence-corrected chi connectivity index (χ4v) is 2.71. The standard InChI is InChI=1S/C14H28N2O2/c1-4-12(3)10-15-8-6-13(7-9-15)16(5-2)11-14(17)18/h12-13H,4-11H2,1-3H3,(H,17,18). The largest absolute Gasteiger partial charge is 0.480 e. The van der Waals surface area contributed by atoms with E-state index in [0.717, 1.165) is 38.4 Å². The van der Waals surface area contributed by atoms with Crippen molar-refractivity contribution in [2.45, 2.75) is 46.1 Å². The van der Waals surface area contributed by atoms with E-state index >= 15 is 0 Å². The van der Waals surface area contributed by atoms with Gasteiger partial charge in [-0.25, -0.2) is 0 Å². The smallest absolute Gasteiger partial charge is 0.317 e. The van der Waals surface area contributed by atoms with Crippen LogP contribution in [-0.4, -0.2) is 59.6 Å². The zero-order valence-corrected chi connectivity index (χ0v) is 12.1. The van der Waals surface area contributed by atoms with Gasteiger partial charge in [-0.2, -0.15) is 0 Å². The summed E-state index contributed by atoms with van der Waals surface area (Å²) >= 11 is 0. The summed E-state index contributed by atoms with van der Waals surface area (Å²) in [6.07, 6.45) is 3.45. The molecule has 0 aromatic carbocycles. The predicted octanol–water partition coefficient (Wildman–Crippen LogP) is 1.90. The molecule has 1 heterocycles. The van der Waals surface area contributed by atoms with E-state index in [9.17, 15) is 4.79 Å². The van der Waals surface area contributed by atoms with Gasteiger partial charge < -0.3 is 10.0 Å². The molecule has 0 amide bonds. The van der Waals surface area contributed by atoms with Crippen molar-refractivity contribution >= 4 is 5.97 Å². The van der Waals surface area contributed by atoms with Crippen LogP contribution in [0.25, 0.3) is 0 Å². The molecule has 1 saturated heterocycles. The minimum Gasteiger partial charge on any atom is -0.480 e. The van der Waals surface area contributed by atoms with Gasteiger partial charge in [-0.05, 0) is 38.4 Å². The third-order valence-corrected chi connectivity index (χ3v) is 4.08. The number of nitrogens with zero attached hydrogens (tertiary/aromatic N) is 2. The summed E-state index contributed by atoms with van der Waals surface area (Å²) in [5.41, 5.74) is 0. The van der Waals surface area contributed by atoms with Crippen LogP contribution in [0.3, 0.4) is 0 Å². The molecule has 1 N–H and O–H groups in total. The van der Waals surface area contributed by atoms with E-state index in [4.69, 9.17) is 5.11 Å². The Bertz CT molecular complexity index is 250. The molecule has 1 aliphatic heterocycles. The monoisotopic (exact) mass is 256 g/mol. The molecular weight excluding hydrogens is 228 g/mol. The van der Waals surface area contributed by atoms with E-state index in [2.05, 4.69) is 30.6 Å². The molecule has 18 heavy (non-hydrogen) atoms. The van der Waals surface area contributed by atoms with Gasteiger partial charge >= 0.3 is 5.97 Å². The Morgan fingerprint density at radius 3 is 2.44 bits per heavy atom. The molecule has 4 heteroatoms. The zero-order valence-electron chi connectivity index (χ0n) is 12.1. The quantitative estimate of drug-likeness (QED) is 0.755. The number of likely N-dealkylation sites (N-methyl/N-ethyl adjacent to an activating group) is 1. The molecule has 0 radical (unpaired) electrons. The van der Waals surface area contributed by atoms with Crippen LogP contribution in [0.4, 0.5) is 0 Å². The van der Waals surface area contributed by atoms with Crippen molar-refractivity contribution in [3.8, 4) is 0 Å². The fourth-order valence-electron chi connectivity index (χ4n) is 2.71. The SMILES string of the molecule is CCC(C)CN1CCC(N(CC)CC(=O)O)CC1. The Labute approximate surface area is 111 Å². The Kier molecular flexibility index (Phi) is 6.65. The number of rotatable bonds is 7.